The molecule has 6 nitrogen and oxygen atoms in total. The molecular formula is C12H18N2O4. The number of amides is 1. The number of carbonyl (C=O) groups is 1. The van der Waals surface area contributed by atoms with Crippen LogP contribution in [0.3, 0.4) is 0 Å². The van der Waals surface area contributed by atoms with Gasteiger partial charge in [-0.2, -0.15) is 0 Å². The van der Waals surface area contributed by atoms with Crippen molar-refractivity contribution in [2.75, 3.05) is 40.2 Å². The highest BCUT2D eigenvalue weighted by Crippen LogP contribution is 2.32. The lowest BCUT2D eigenvalue weighted by atomic mass is 10.1. The second kappa shape index (κ2) is 6.11. The van der Waals surface area contributed by atoms with Crippen LogP contribution in [0.25, 0.3) is 0 Å². The molecule has 0 spiro atoms. The first-order valence-electron chi connectivity index (χ1n) is 5.43. The molecule has 1 rings (SSSR count). The van der Waals surface area contributed by atoms with Crippen molar-refractivity contribution in [2.45, 2.75) is 0 Å². The highest BCUT2D eigenvalue weighted by Gasteiger charge is 2.18. The number of ether oxygens (including phenoxy) is 2. The van der Waals surface area contributed by atoms with Gasteiger partial charge < -0.3 is 25.2 Å². The van der Waals surface area contributed by atoms with Gasteiger partial charge in [0.2, 0.25) is 0 Å². The van der Waals surface area contributed by atoms with E-state index in [1.807, 2.05) is 0 Å². The summed E-state index contributed by atoms with van der Waals surface area (Å²) in [7, 11) is 4.57. The van der Waals surface area contributed by atoms with Crippen LogP contribution in [-0.2, 0) is 0 Å². The van der Waals surface area contributed by atoms with E-state index < -0.39 is 0 Å². The van der Waals surface area contributed by atoms with Crippen molar-refractivity contribution in [3.63, 3.8) is 0 Å². The summed E-state index contributed by atoms with van der Waals surface area (Å²) < 4.78 is 10.2. The highest BCUT2D eigenvalue weighted by molar-refractivity contribution is 5.99. The van der Waals surface area contributed by atoms with Gasteiger partial charge in [-0.05, 0) is 6.07 Å². The zero-order chi connectivity index (χ0) is 13.7. The number of likely N-dealkylation sites (N-methyl/N-ethyl adjacent to an activating group) is 1. The van der Waals surface area contributed by atoms with Crippen molar-refractivity contribution in [3.8, 4) is 11.5 Å². The number of nitrogen functional groups attached to an aromatic ring is 1. The maximum atomic E-state index is 12.1. The smallest absolute Gasteiger partial charge is 0.255 e. The van der Waals surface area contributed by atoms with Crippen LogP contribution < -0.4 is 15.2 Å². The molecule has 100 valence electrons. The molecule has 1 amide bonds. The van der Waals surface area contributed by atoms with Gasteiger partial charge in [-0.1, -0.05) is 0 Å². The van der Waals surface area contributed by atoms with Gasteiger partial charge in [-0.25, -0.2) is 0 Å². The summed E-state index contributed by atoms with van der Waals surface area (Å²) in [6.45, 7) is 0.141. The molecular weight excluding hydrogens is 236 g/mol. The van der Waals surface area contributed by atoms with Crippen molar-refractivity contribution >= 4 is 11.6 Å². The standard InChI is InChI=1S/C12H18N2O4/c1-14(4-5-15)12(16)8-6-10(17-2)11(18-3)7-9(8)13/h6-7,15H,4-5,13H2,1-3H3. The Labute approximate surface area is 106 Å². The van der Waals surface area contributed by atoms with Gasteiger partial charge >= 0.3 is 0 Å². The zero-order valence-electron chi connectivity index (χ0n) is 10.8. The maximum Gasteiger partial charge on any atom is 0.255 e. The molecule has 0 saturated carbocycles. The number of nitrogens with two attached hydrogens (primary N) is 1. The average molecular weight is 254 g/mol. The molecule has 6 heteroatoms. The number of nitrogens with zero attached hydrogens (tertiary/aromatic N) is 1. The van der Waals surface area contributed by atoms with Crippen LogP contribution in [0, 0.1) is 0 Å². The number of carbonyl (C=O) groups excluding carboxylic acids is 1. The Morgan fingerprint density at radius 3 is 2.39 bits per heavy atom. The molecule has 1 aromatic carbocycles. The van der Waals surface area contributed by atoms with Crippen molar-refractivity contribution in [3.05, 3.63) is 17.7 Å². The van der Waals surface area contributed by atoms with E-state index in [0.717, 1.165) is 0 Å². The third-order valence-corrected chi connectivity index (χ3v) is 2.57. The number of methoxy groups -OCH3 is 2. The molecule has 0 atom stereocenters. The second-order valence-electron chi connectivity index (χ2n) is 3.74. The van der Waals surface area contributed by atoms with E-state index >= 15 is 0 Å². The van der Waals surface area contributed by atoms with E-state index in [4.69, 9.17) is 20.3 Å². The fourth-order valence-electron chi connectivity index (χ4n) is 1.54. The quantitative estimate of drug-likeness (QED) is 0.741. The van der Waals surface area contributed by atoms with E-state index in [9.17, 15) is 4.79 Å². The molecule has 0 aliphatic carbocycles. The van der Waals surface area contributed by atoms with Gasteiger partial charge in [-0.3, -0.25) is 4.79 Å². The predicted octanol–water partition coefficient (Wildman–Crippen LogP) is 0.350. The Bertz CT molecular complexity index is 434. The van der Waals surface area contributed by atoms with Crippen LogP contribution in [0.2, 0.25) is 0 Å². The van der Waals surface area contributed by atoms with Crippen LogP contribution >= 0.6 is 0 Å². The van der Waals surface area contributed by atoms with E-state index in [1.165, 1.54) is 25.2 Å². The van der Waals surface area contributed by atoms with Crippen LogP contribution in [0.1, 0.15) is 10.4 Å². The van der Waals surface area contributed by atoms with Gasteiger partial charge in [0.15, 0.2) is 11.5 Å². The van der Waals surface area contributed by atoms with Crippen LogP contribution in [0.5, 0.6) is 11.5 Å². The van der Waals surface area contributed by atoms with Gasteiger partial charge in [0, 0.05) is 25.3 Å². The second-order valence-corrected chi connectivity index (χ2v) is 3.74. The topological polar surface area (TPSA) is 85.0 Å². The molecule has 0 unspecified atom stereocenters. The molecule has 1 aromatic rings. The molecule has 0 bridgehead atoms. The van der Waals surface area contributed by atoms with E-state index in [2.05, 4.69) is 0 Å². The minimum atomic E-state index is -0.275. The van der Waals surface area contributed by atoms with Crippen LogP contribution in [0.4, 0.5) is 5.69 Å². The summed E-state index contributed by atoms with van der Waals surface area (Å²) in [4.78, 5) is 13.4. The van der Waals surface area contributed by atoms with Crippen molar-refractivity contribution in [1.82, 2.24) is 4.90 Å². The third kappa shape index (κ3) is 2.84. The zero-order valence-corrected chi connectivity index (χ0v) is 10.8. The number of hydrogen-bond acceptors (Lipinski definition) is 5. The molecule has 0 saturated heterocycles. The maximum absolute atomic E-state index is 12.1. The van der Waals surface area contributed by atoms with Crippen molar-refractivity contribution in [2.24, 2.45) is 0 Å². The predicted molar refractivity (Wildman–Crippen MR) is 68.0 cm³/mol. The lowest BCUT2D eigenvalue weighted by Crippen LogP contribution is -2.30. The monoisotopic (exact) mass is 254 g/mol. The summed E-state index contributed by atoms with van der Waals surface area (Å²) in [5.41, 5.74) is 6.44. The number of rotatable bonds is 5. The first-order valence-corrected chi connectivity index (χ1v) is 5.43. The molecule has 0 radical (unpaired) electrons. The van der Waals surface area contributed by atoms with Gasteiger partial charge in [0.1, 0.15) is 0 Å². The normalized spacial score (nSPS) is 10.0. The lowest BCUT2D eigenvalue weighted by molar-refractivity contribution is 0.0767. The molecule has 0 heterocycles. The molecule has 0 aliphatic rings. The molecule has 0 fully saturated rings. The summed E-state index contributed by atoms with van der Waals surface area (Å²) in [5.74, 6) is 0.631. The van der Waals surface area contributed by atoms with E-state index in [0.29, 0.717) is 22.7 Å². The van der Waals surface area contributed by atoms with Crippen LogP contribution in [0.15, 0.2) is 12.1 Å². The SMILES string of the molecule is COc1cc(N)c(C(=O)N(C)CCO)cc1OC. The van der Waals surface area contributed by atoms with E-state index in [-0.39, 0.29) is 19.1 Å². The third-order valence-electron chi connectivity index (χ3n) is 2.57. The number of benzene rings is 1. The van der Waals surface area contributed by atoms with Crippen molar-refractivity contribution in [1.29, 1.82) is 0 Å². The number of hydrogen-bond donors (Lipinski definition) is 2. The minimum absolute atomic E-state index is 0.102. The van der Waals surface area contributed by atoms with Crippen molar-refractivity contribution < 1.29 is 19.4 Å². The average Bonchev–Trinajstić information content (AvgIpc) is 2.37. The molecule has 18 heavy (non-hydrogen) atoms. The molecule has 0 aliphatic heterocycles. The summed E-state index contributed by atoms with van der Waals surface area (Å²) in [5, 5.41) is 8.81. The summed E-state index contributed by atoms with van der Waals surface area (Å²) >= 11 is 0. The number of aliphatic hydroxyl groups is 1. The first kappa shape index (κ1) is 14.1. The largest absolute Gasteiger partial charge is 0.493 e. The first-order chi connectivity index (χ1) is 8.54. The van der Waals surface area contributed by atoms with Gasteiger partial charge in [-0.15, -0.1) is 0 Å². The van der Waals surface area contributed by atoms with Crippen LogP contribution in [-0.4, -0.2) is 50.3 Å². The molecule has 0 aromatic heterocycles. The van der Waals surface area contributed by atoms with Gasteiger partial charge in [0.05, 0.1) is 26.4 Å². The summed E-state index contributed by atoms with van der Waals surface area (Å²) in [6.07, 6.45) is 0. The Balaban J connectivity index is 3.13. The Morgan fingerprint density at radius 2 is 1.89 bits per heavy atom. The lowest BCUT2D eigenvalue weighted by Gasteiger charge is -2.18. The number of aliphatic hydroxyl groups excluding tert-OH is 1. The Hall–Kier alpha value is -1.95. The highest BCUT2D eigenvalue weighted by atomic mass is 16.5. The summed E-state index contributed by atoms with van der Waals surface area (Å²) in [6, 6.07) is 3.07. The van der Waals surface area contributed by atoms with Gasteiger partial charge in [0.25, 0.3) is 5.91 Å². The van der Waals surface area contributed by atoms with E-state index in [1.54, 1.807) is 13.1 Å². The Kier molecular flexibility index (Phi) is 4.79. The molecule has 3 N–H and O–H groups in total. The minimum Gasteiger partial charge on any atom is -0.493 e. The fraction of sp³-hybridized carbons (Fsp3) is 0.417. The Morgan fingerprint density at radius 1 is 1.33 bits per heavy atom. The fourth-order valence-corrected chi connectivity index (χ4v) is 1.54. The number of anilines is 1.